The van der Waals surface area contributed by atoms with Crippen LogP contribution in [0.25, 0.3) is 0 Å². The van der Waals surface area contributed by atoms with Crippen LogP contribution in [0.2, 0.25) is 0 Å². The summed E-state index contributed by atoms with van der Waals surface area (Å²) in [5, 5.41) is 15.4. The second kappa shape index (κ2) is 5.34. The molecule has 0 aliphatic heterocycles. The van der Waals surface area contributed by atoms with Crippen molar-refractivity contribution in [3.05, 3.63) is 47.8 Å². The van der Waals surface area contributed by atoms with E-state index < -0.39 is 5.97 Å². The molecule has 1 amide bonds. The molecule has 0 radical (unpaired) electrons. The van der Waals surface area contributed by atoms with Gasteiger partial charge in [0.2, 0.25) is 5.91 Å². The molecule has 0 atom stereocenters. The highest BCUT2D eigenvalue weighted by molar-refractivity contribution is 5.99. The molecule has 2 rings (SSSR count). The van der Waals surface area contributed by atoms with Crippen molar-refractivity contribution < 1.29 is 14.7 Å². The molecule has 98 valence electrons. The highest BCUT2D eigenvalue weighted by Crippen LogP contribution is 2.14. The summed E-state index contributed by atoms with van der Waals surface area (Å²) in [4.78, 5) is 22.9. The fourth-order valence-corrected chi connectivity index (χ4v) is 1.76. The molecule has 0 aliphatic carbocycles. The predicted molar refractivity (Wildman–Crippen MR) is 68.9 cm³/mol. The molecule has 1 aromatic carbocycles. The van der Waals surface area contributed by atoms with E-state index in [9.17, 15) is 9.59 Å². The summed E-state index contributed by atoms with van der Waals surface area (Å²) >= 11 is 0. The van der Waals surface area contributed by atoms with Crippen LogP contribution in [0, 0.1) is 0 Å². The van der Waals surface area contributed by atoms with Crippen molar-refractivity contribution in [2.45, 2.75) is 6.42 Å². The summed E-state index contributed by atoms with van der Waals surface area (Å²) in [6.07, 6.45) is 1.52. The highest BCUT2D eigenvalue weighted by atomic mass is 16.4. The van der Waals surface area contributed by atoms with Crippen LogP contribution in [0.1, 0.15) is 16.1 Å². The van der Waals surface area contributed by atoms with E-state index in [1.54, 1.807) is 0 Å². The van der Waals surface area contributed by atoms with Crippen molar-refractivity contribution >= 4 is 17.6 Å². The van der Waals surface area contributed by atoms with Gasteiger partial charge in [0.25, 0.3) is 0 Å². The molecule has 2 N–H and O–H groups in total. The molecule has 0 saturated heterocycles. The highest BCUT2D eigenvalue weighted by Gasteiger charge is 2.17. The zero-order valence-corrected chi connectivity index (χ0v) is 10.3. The minimum absolute atomic E-state index is 0.0404. The molecule has 19 heavy (non-hydrogen) atoms. The first-order chi connectivity index (χ1) is 9.08. The van der Waals surface area contributed by atoms with E-state index in [2.05, 4.69) is 10.4 Å². The third kappa shape index (κ3) is 2.98. The van der Waals surface area contributed by atoms with Crippen LogP contribution in [0.3, 0.4) is 0 Å². The number of aromatic carboxylic acids is 1. The third-order valence-corrected chi connectivity index (χ3v) is 2.62. The van der Waals surface area contributed by atoms with Crippen molar-refractivity contribution in [1.29, 1.82) is 0 Å². The summed E-state index contributed by atoms with van der Waals surface area (Å²) in [6, 6.07) is 9.22. The fourth-order valence-electron chi connectivity index (χ4n) is 1.76. The SMILES string of the molecule is Cn1ncc(NC(=O)Cc2ccccc2)c1C(=O)O. The monoisotopic (exact) mass is 259 g/mol. The largest absolute Gasteiger partial charge is 0.476 e. The Labute approximate surface area is 109 Å². The van der Waals surface area contributed by atoms with Crippen molar-refractivity contribution in [3.8, 4) is 0 Å². The molecule has 0 aliphatic rings. The van der Waals surface area contributed by atoms with Gasteiger partial charge in [-0.2, -0.15) is 5.10 Å². The number of nitrogens with one attached hydrogen (secondary N) is 1. The summed E-state index contributed by atoms with van der Waals surface area (Å²) in [5.41, 5.74) is 1.03. The number of carbonyl (C=O) groups excluding carboxylic acids is 1. The lowest BCUT2D eigenvalue weighted by Crippen LogP contribution is -2.17. The minimum atomic E-state index is -1.13. The summed E-state index contributed by atoms with van der Waals surface area (Å²) in [5.74, 6) is -1.41. The number of rotatable bonds is 4. The van der Waals surface area contributed by atoms with Crippen molar-refractivity contribution in [1.82, 2.24) is 9.78 Å². The van der Waals surface area contributed by atoms with Gasteiger partial charge >= 0.3 is 5.97 Å². The molecule has 6 heteroatoms. The number of anilines is 1. The van der Waals surface area contributed by atoms with E-state index in [1.807, 2.05) is 30.3 Å². The second-order valence-electron chi connectivity index (χ2n) is 4.05. The summed E-state index contributed by atoms with van der Waals surface area (Å²) in [7, 11) is 1.51. The lowest BCUT2D eigenvalue weighted by Gasteiger charge is -2.04. The Kier molecular flexibility index (Phi) is 3.61. The topological polar surface area (TPSA) is 84.2 Å². The number of carboxylic acids is 1. The molecule has 0 fully saturated rings. The fraction of sp³-hybridized carbons (Fsp3) is 0.154. The summed E-state index contributed by atoms with van der Waals surface area (Å²) in [6.45, 7) is 0. The van der Waals surface area contributed by atoms with Gasteiger partial charge in [0, 0.05) is 7.05 Å². The van der Waals surface area contributed by atoms with E-state index in [4.69, 9.17) is 5.11 Å². The maximum atomic E-state index is 11.8. The Hall–Kier alpha value is -2.63. The molecule has 0 bridgehead atoms. The van der Waals surface area contributed by atoms with Crippen molar-refractivity contribution in [2.24, 2.45) is 7.05 Å². The Morgan fingerprint density at radius 1 is 1.32 bits per heavy atom. The Balaban J connectivity index is 2.10. The Bertz CT molecular complexity index is 605. The predicted octanol–water partition coefficient (Wildman–Crippen LogP) is 1.30. The first kappa shape index (κ1) is 12.8. The third-order valence-electron chi connectivity index (χ3n) is 2.62. The average molecular weight is 259 g/mol. The van der Waals surface area contributed by atoms with Crippen LogP contribution in [0.4, 0.5) is 5.69 Å². The number of hydrogen-bond donors (Lipinski definition) is 2. The zero-order valence-electron chi connectivity index (χ0n) is 10.3. The number of amides is 1. The van der Waals surface area contributed by atoms with Gasteiger partial charge in [-0.3, -0.25) is 9.48 Å². The van der Waals surface area contributed by atoms with Crippen LogP contribution < -0.4 is 5.32 Å². The van der Waals surface area contributed by atoms with E-state index >= 15 is 0 Å². The van der Waals surface area contributed by atoms with Crippen molar-refractivity contribution in [2.75, 3.05) is 5.32 Å². The number of nitrogens with zero attached hydrogens (tertiary/aromatic N) is 2. The smallest absolute Gasteiger partial charge is 0.356 e. The van der Waals surface area contributed by atoms with Gasteiger partial charge in [0.1, 0.15) is 0 Å². The van der Waals surface area contributed by atoms with Crippen LogP contribution in [0.5, 0.6) is 0 Å². The van der Waals surface area contributed by atoms with Crippen LogP contribution >= 0.6 is 0 Å². The molecular weight excluding hydrogens is 246 g/mol. The molecule has 0 spiro atoms. The molecular formula is C13H13N3O3. The molecule has 2 aromatic rings. The van der Waals surface area contributed by atoms with Gasteiger partial charge in [0.15, 0.2) is 5.69 Å². The normalized spacial score (nSPS) is 10.2. The lowest BCUT2D eigenvalue weighted by atomic mass is 10.1. The van der Waals surface area contributed by atoms with Gasteiger partial charge in [-0.1, -0.05) is 30.3 Å². The van der Waals surface area contributed by atoms with Gasteiger partial charge in [-0.05, 0) is 5.56 Å². The quantitative estimate of drug-likeness (QED) is 0.866. The van der Waals surface area contributed by atoms with Gasteiger partial charge in [-0.15, -0.1) is 0 Å². The summed E-state index contributed by atoms with van der Waals surface area (Å²) < 4.78 is 1.21. The van der Waals surface area contributed by atoms with Crippen LogP contribution in [0.15, 0.2) is 36.5 Å². The first-order valence-corrected chi connectivity index (χ1v) is 5.67. The standard InChI is InChI=1S/C13H13N3O3/c1-16-12(13(18)19)10(8-14-16)15-11(17)7-9-5-3-2-4-6-9/h2-6,8H,7H2,1H3,(H,15,17)(H,18,19). The van der Waals surface area contributed by atoms with Gasteiger partial charge in [-0.25, -0.2) is 4.79 Å². The van der Waals surface area contributed by atoms with Gasteiger partial charge < -0.3 is 10.4 Å². The minimum Gasteiger partial charge on any atom is -0.476 e. The second-order valence-corrected chi connectivity index (χ2v) is 4.05. The lowest BCUT2D eigenvalue weighted by molar-refractivity contribution is -0.115. The number of aryl methyl sites for hydroxylation is 1. The number of carbonyl (C=O) groups is 2. The number of aromatic nitrogens is 2. The Morgan fingerprint density at radius 2 is 2.00 bits per heavy atom. The van der Waals surface area contributed by atoms with Crippen molar-refractivity contribution in [3.63, 3.8) is 0 Å². The molecule has 6 nitrogen and oxygen atoms in total. The van der Waals surface area contributed by atoms with E-state index in [0.29, 0.717) is 0 Å². The molecule has 1 aromatic heterocycles. The maximum Gasteiger partial charge on any atom is 0.356 e. The Morgan fingerprint density at radius 3 is 2.63 bits per heavy atom. The first-order valence-electron chi connectivity index (χ1n) is 5.67. The number of carboxylic acid groups (broad SMARTS) is 1. The van der Waals surface area contributed by atoms with E-state index in [0.717, 1.165) is 5.56 Å². The average Bonchev–Trinajstić information content (AvgIpc) is 2.71. The van der Waals surface area contributed by atoms with E-state index in [1.165, 1.54) is 17.9 Å². The maximum absolute atomic E-state index is 11.8. The molecule has 0 unspecified atom stereocenters. The van der Waals surface area contributed by atoms with Crippen LogP contribution in [-0.2, 0) is 18.3 Å². The zero-order chi connectivity index (χ0) is 13.8. The number of hydrogen-bond acceptors (Lipinski definition) is 3. The van der Waals surface area contributed by atoms with Gasteiger partial charge in [0.05, 0.1) is 18.3 Å². The van der Waals surface area contributed by atoms with E-state index in [-0.39, 0.29) is 23.7 Å². The molecule has 1 heterocycles. The molecule has 0 saturated carbocycles. The van der Waals surface area contributed by atoms with Crippen LogP contribution in [-0.4, -0.2) is 26.8 Å². The number of benzene rings is 1.